The normalized spacial score (nSPS) is 19.8. The van der Waals surface area contributed by atoms with Crippen molar-refractivity contribution in [1.82, 2.24) is 4.90 Å². The number of likely N-dealkylation sites (tertiary alicyclic amines) is 1. The van der Waals surface area contributed by atoms with Gasteiger partial charge >= 0.3 is 5.97 Å². The van der Waals surface area contributed by atoms with E-state index in [1.165, 1.54) is 4.90 Å². The Hall–Kier alpha value is -1.39. The predicted molar refractivity (Wildman–Crippen MR) is 79.3 cm³/mol. The summed E-state index contributed by atoms with van der Waals surface area (Å²) in [7, 11) is 0. The fraction of sp³-hybridized carbons (Fsp3) is 0.812. The Morgan fingerprint density at radius 2 is 1.76 bits per heavy atom. The Morgan fingerprint density at radius 1 is 1.19 bits per heavy atom. The van der Waals surface area contributed by atoms with Gasteiger partial charge in [0.1, 0.15) is 0 Å². The van der Waals surface area contributed by atoms with E-state index >= 15 is 0 Å². The van der Waals surface area contributed by atoms with Crippen molar-refractivity contribution in [3.8, 4) is 0 Å². The van der Waals surface area contributed by atoms with Crippen molar-refractivity contribution in [1.29, 1.82) is 0 Å². The molecule has 5 nitrogen and oxygen atoms in total. The molecule has 0 aliphatic carbocycles. The van der Waals surface area contributed by atoms with Crippen LogP contribution in [0.2, 0.25) is 0 Å². The van der Waals surface area contributed by atoms with Gasteiger partial charge in [0.05, 0.1) is 6.42 Å². The van der Waals surface area contributed by atoms with Crippen LogP contribution in [0.1, 0.15) is 54.4 Å². The predicted octanol–water partition coefficient (Wildman–Crippen LogP) is 2.39. The zero-order valence-corrected chi connectivity index (χ0v) is 14.0. The fourth-order valence-corrected chi connectivity index (χ4v) is 2.44. The van der Waals surface area contributed by atoms with Crippen LogP contribution in [-0.4, -0.2) is 35.8 Å². The molecule has 0 aromatic rings. The van der Waals surface area contributed by atoms with Gasteiger partial charge in [0.25, 0.3) is 5.91 Å². The molecule has 0 spiro atoms. The lowest BCUT2D eigenvalue weighted by atomic mass is 9.80. The van der Waals surface area contributed by atoms with Crippen LogP contribution in [0, 0.1) is 16.7 Å². The second kappa shape index (κ2) is 6.16. The SMILES string of the molecule is CC(C)(C)CC(=O)OCC(=O)N1CCC(C(C)(C)C)C1=O. The van der Waals surface area contributed by atoms with Gasteiger partial charge in [-0.3, -0.25) is 19.3 Å². The van der Waals surface area contributed by atoms with Gasteiger partial charge in [-0.2, -0.15) is 0 Å². The molecule has 0 aromatic carbocycles. The zero-order valence-electron chi connectivity index (χ0n) is 14.0. The van der Waals surface area contributed by atoms with Crippen LogP contribution in [0.5, 0.6) is 0 Å². The molecule has 0 aromatic heterocycles. The Balaban J connectivity index is 2.51. The highest BCUT2D eigenvalue weighted by Gasteiger charge is 2.41. The van der Waals surface area contributed by atoms with Gasteiger partial charge in [0.2, 0.25) is 5.91 Å². The lowest BCUT2D eigenvalue weighted by Crippen LogP contribution is -2.39. The van der Waals surface area contributed by atoms with Crippen LogP contribution in [0.4, 0.5) is 0 Å². The summed E-state index contributed by atoms with van der Waals surface area (Å²) in [6.07, 6.45) is 0.919. The van der Waals surface area contributed by atoms with Gasteiger partial charge < -0.3 is 4.74 Å². The van der Waals surface area contributed by atoms with Gasteiger partial charge in [0.15, 0.2) is 6.61 Å². The molecule has 1 rings (SSSR count). The standard InChI is InChI=1S/C16H27NO4/c1-15(2,3)9-13(19)21-10-12(18)17-8-7-11(14(17)20)16(4,5)6/h11H,7-10H2,1-6H3. The number of esters is 1. The van der Waals surface area contributed by atoms with Gasteiger partial charge in [0, 0.05) is 12.5 Å². The summed E-state index contributed by atoms with van der Waals surface area (Å²) in [6.45, 7) is 11.8. The van der Waals surface area contributed by atoms with E-state index in [2.05, 4.69) is 0 Å². The Kier molecular flexibility index (Phi) is 5.18. The molecule has 0 radical (unpaired) electrons. The van der Waals surface area contributed by atoms with Crippen LogP contribution in [0.3, 0.4) is 0 Å². The van der Waals surface area contributed by atoms with Crippen molar-refractivity contribution in [2.45, 2.75) is 54.4 Å². The molecule has 1 heterocycles. The summed E-state index contributed by atoms with van der Waals surface area (Å²) < 4.78 is 4.98. The number of carbonyl (C=O) groups excluding carboxylic acids is 3. The summed E-state index contributed by atoms with van der Waals surface area (Å²) in [6, 6.07) is 0. The fourth-order valence-electron chi connectivity index (χ4n) is 2.44. The minimum atomic E-state index is -0.422. The van der Waals surface area contributed by atoms with Crippen molar-refractivity contribution in [2.24, 2.45) is 16.7 Å². The van der Waals surface area contributed by atoms with Gasteiger partial charge in [-0.1, -0.05) is 41.5 Å². The molecule has 120 valence electrons. The molecule has 1 aliphatic rings. The summed E-state index contributed by atoms with van der Waals surface area (Å²) in [5.74, 6) is -1.13. The maximum Gasteiger partial charge on any atom is 0.306 e. The molecule has 0 saturated carbocycles. The van der Waals surface area contributed by atoms with Crippen LogP contribution >= 0.6 is 0 Å². The lowest BCUT2D eigenvalue weighted by molar-refractivity contribution is -0.156. The van der Waals surface area contributed by atoms with Gasteiger partial charge in [-0.15, -0.1) is 0 Å². The molecular weight excluding hydrogens is 270 g/mol. The molecular formula is C16H27NO4. The van der Waals surface area contributed by atoms with E-state index in [4.69, 9.17) is 4.74 Å². The topological polar surface area (TPSA) is 63.7 Å². The summed E-state index contributed by atoms with van der Waals surface area (Å²) >= 11 is 0. The van der Waals surface area contributed by atoms with Crippen LogP contribution in [0.15, 0.2) is 0 Å². The highest BCUT2D eigenvalue weighted by Crippen LogP contribution is 2.34. The van der Waals surface area contributed by atoms with E-state index in [9.17, 15) is 14.4 Å². The third-order valence-corrected chi connectivity index (χ3v) is 3.58. The first-order valence-corrected chi connectivity index (χ1v) is 7.41. The van der Waals surface area contributed by atoms with E-state index in [1.807, 2.05) is 41.5 Å². The van der Waals surface area contributed by atoms with Crippen LogP contribution < -0.4 is 0 Å². The summed E-state index contributed by atoms with van der Waals surface area (Å²) in [5.41, 5.74) is -0.337. The first-order chi connectivity index (χ1) is 9.42. The monoisotopic (exact) mass is 297 g/mol. The molecule has 5 heteroatoms. The van der Waals surface area contributed by atoms with Gasteiger partial charge in [-0.25, -0.2) is 0 Å². The number of rotatable bonds is 3. The second-order valence-corrected chi connectivity index (χ2v) is 7.99. The Bertz CT molecular complexity index is 429. The molecule has 0 bridgehead atoms. The highest BCUT2D eigenvalue weighted by molar-refractivity contribution is 5.99. The molecule has 1 saturated heterocycles. The second-order valence-electron chi connectivity index (χ2n) is 7.99. The van der Waals surface area contributed by atoms with Crippen molar-refractivity contribution in [2.75, 3.05) is 13.2 Å². The molecule has 1 aliphatic heterocycles. The van der Waals surface area contributed by atoms with E-state index in [-0.39, 0.29) is 35.7 Å². The van der Waals surface area contributed by atoms with Crippen molar-refractivity contribution >= 4 is 17.8 Å². The number of hydrogen-bond donors (Lipinski definition) is 0. The summed E-state index contributed by atoms with van der Waals surface area (Å²) in [4.78, 5) is 37.1. The van der Waals surface area contributed by atoms with Crippen molar-refractivity contribution < 1.29 is 19.1 Å². The minimum absolute atomic E-state index is 0.147. The minimum Gasteiger partial charge on any atom is -0.456 e. The van der Waals surface area contributed by atoms with E-state index in [1.54, 1.807) is 0 Å². The number of nitrogens with zero attached hydrogens (tertiary/aromatic N) is 1. The molecule has 1 atom stereocenters. The van der Waals surface area contributed by atoms with Gasteiger partial charge in [-0.05, 0) is 17.3 Å². The molecule has 1 unspecified atom stereocenters. The van der Waals surface area contributed by atoms with E-state index < -0.39 is 11.9 Å². The summed E-state index contributed by atoms with van der Waals surface area (Å²) in [5, 5.41) is 0. The first-order valence-electron chi connectivity index (χ1n) is 7.41. The number of carbonyl (C=O) groups is 3. The number of imide groups is 1. The third kappa shape index (κ3) is 5.14. The molecule has 0 N–H and O–H groups in total. The van der Waals surface area contributed by atoms with Crippen molar-refractivity contribution in [3.63, 3.8) is 0 Å². The van der Waals surface area contributed by atoms with E-state index in [0.29, 0.717) is 13.0 Å². The lowest BCUT2D eigenvalue weighted by Gasteiger charge is -2.25. The average molecular weight is 297 g/mol. The first kappa shape index (κ1) is 17.7. The maximum absolute atomic E-state index is 12.2. The number of amides is 2. The quantitative estimate of drug-likeness (QED) is 0.750. The molecule has 2 amide bonds. The van der Waals surface area contributed by atoms with Crippen molar-refractivity contribution in [3.05, 3.63) is 0 Å². The van der Waals surface area contributed by atoms with Crippen LogP contribution in [-0.2, 0) is 19.1 Å². The molecule has 1 fully saturated rings. The Morgan fingerprint density at radius 3 is 2.19 bits per heavy atom. The largest absolute Gasteiger partial charge is 0.456 e. The number of hydrogen-bond acceptors (Lipinski definition) is 4. The smallest absolute Gasteiger partial charge is 0.306 e. The zero-order chi connectivity index (χ0) is 16.4. The highest BCUT2D eigenvalue weighted by atomic mass is 16.5. The Labute approximate surface area is 127 Å². The van der Waals surface area contributed by atoms with Crippen LogP contribution in [0.25, 0.3) is 0 Å². The number of ether oxygens (including phenoxy) is 1. The van der Waals surface area contributed by atoms with E-state index in [0.717, 1.165) is 0 Å². The average Bonchev–Trinajstić information content (AvgIpc) is 2.65. The molecule has 21 heavy (non-hydrogen) atoms. The third-order valence-electron chi connectivity index (χ3n) is 3.58. The maximum atomic E-state index is 12.2.